The second kappa shape index (κ2) is 19.1. The summed E-state index contributed by atoms with van der Waals surface area (Å²) in [7, 11) is 2.80. The van der Waals surface area contributed by atoms with Crippen molar-refractivity contribution in [3.63, 3.8) is 0 Å². The molecule has 0 spiro atoms. The molecule has 0 unspecified atom stereocenters. The second-order valence-electron chi connectivity index (χ2n) is 17.2. The summed E-state index contributed by atoms with van der Waals surface area (Å²) in [5.41, 5.74) is 6.49. The zero-order valence-electron chi connectivity index (χ0n) is 36.4. The molecule has 0 aliphatic carbocycles. The van der Waals surface area contributed by atoms with Crippen LogP contribution in [0, 0.1) is 0 Å². The number of carbonyl (C=O) groups excluding carboxylic acids is 2. The molecule has 0 atom stereocenters. The first-order valence-electron chi connectivity index (χ1n) is 23.0. The van der Waals surface area contributed by atoms with Crippen molar-refractivity contribution in [2.24, 2.45) is 0 Å². The van der Waals surface area contributed by atoms with Gasteiger partial charge in [-0.3, -0.25) is 0 Å². The van der Waals surface area contributed by atoms with Crippen LogP contribution in [0.4, 0.5) is 0 Å². The van der Waals surface area contributed by atoms with Crippen LogP contribution in [0.15, 0.2) is 48.5 Å². The molecule has 0 aliphatic heterocycles. The number of fused-ring (bicyclic) bond motifs is 11. The molecule has 0 N–H and O–H groups in total. The fourth-order valence-electron chi connectivity index (χ4n) is 9.89. The lowest BCUT2D eigenvalue weighted by atomic mass is 9.81. The van der Waals surface area contributed by atoms with Gasteiger partial charge in [0.2, 0.25) is 0 Å². The van der Waals surface area contributed by atoms with E-state index in [0.717, 1.165) is 58.0 Å². The predicted molar refractivity (Wildman–Crippen MR) is 248 cm³/mol. The highest BCUT2D eigenvalue weighted by atomic mass is 16.5. The van der Waals surface area contributed by atoms with E-state index in [-0.39, 0.29) is 0 Å². The lowest BCUT2D eigenvalue weighted by Gasteiger charge is -2.22. The number of esters is 2. The van der Waals surface area contributed by atoms with Crippen LogP contribution in [0.3, 0.4) is 0 Å². The monoisotopic (exact) mass is 778 g/mol. The minimum Gasteiger partial charge on any atom is -0.465 e. The number of ether oxygens (including phenoxy) is 2. The van der Waals surface area contributed by atoms with Crippen molar-refractivity contribution in [1.29, 1.82) is 0 Å². The average Bonchev–Trinajstić information content (AvgIpc) is 3.24. The van der Waals surface area contributed by atoms with Crippen molar-refractivity contribution < 1.29 is 19.1 Å². The SMILES string of the molecule is CCCCCCc1cc2c(cc1CCCCCC)c1cc3c(cc21)c(C(=O)OC)c(C(=O)OC)c1cc2c4cc(CCCCCC)c(CCCCCC)cc4c2cc13. The van der Waals surface area contributed by atoms with Crippen LogP contribution < -0.4 is 0 Å². The Hall–Kier alpha value is -4.44. The van der Waals surface area contributed by atoms with Gasteiger partial charge in [0.25, 0.3) is 0 Å². The van der Waals surface area contributed by atoms with Gasteiger partial charge in [-0.25, -0.2) is 9.59 Å². The first-order valence-corrected chi connectivity index (χ1v) is 23.0. The van der Waals surface area contributed by atoms with E-state index in [1.807, 2.05) is 0 Å². The lowest BCUT2D eigenvalue weighted by molar-refractivity contribution is 0.0559. The number of unbranched alkanes of at least 4 members (excludes halogenated alkanes) is 12. The Balaban J connectivity index is 1.44. The van der Waals surface area contributed by atoms with Crippen molar-refractivity contribution >= 4 is 76.6 Å². The Kier molecular flexibility index (Phi) is 13.7. The van der Waals surface area contributed by atoms with Gasteiger partial charge in [-0.2, -0.15) is 0 Å². The molecule has 306 valence electrons. The van der Waals surface area contributed by atoms with Crippen molar-refractivity contribution in [3.05, 3.63) is 81.9 Å². The lowest BCUT2D eigenvalue weighted by Crippen LogP contribution is -2.14. The largest absolute Gasteiger partial charge is 0.465 e. The molecule has 58 heavy (non-hydrogen) atoms. The van der Waals surface area contributed by atoms with Gasteiger partial charge in [-0.1, -0.05) is 129 Å². The summed E-state index contributed by atoms with van der Waals surface area (Å²) in [5.74, 6) is -1.04. The molecular formula is C54H66O4. The minimum absolute atomic E-state index is 0.291. The van der Waals surface area contributed by atoms with Gasteiger partial charge in [0.15, 0.2) is 0 Å². The summed E-state index contributed by atoms with van der Waals surface area (Å²) in [6.07, 6.45) is 24.3. The Morgan fingerprint density at radius 3 is 0.793 bits per heavy atom. The van der Waals surface area contributed by atoms with E-state index < -0.39 is 11.9 Å². The molecule has 0 saturated heterocycles. The van der Waals surface area contributed by atoms with E-state index in [2.05, 4.69) is 76.2 Å². The number of carbonyl (C=O) groups is 2. The van der Waals surface area contributed by atoms with Gasteiger partial charge in [0.1, 0.15) is 0 Å². The molecule has 0 aliphatic rings. The number of hydrogen-bond acceptors (Lipinski definition) is 4. The molecule has 4 nitrogen and oxygen atoms in total. The number of benzene rings is 5. The first-order chi connectivity index (χ1) is 28.4. The van der Waals surface area contributed by atoms with E-state index in [1.165, 1.54) is 172 Å². The summed E-state index contributed by atoms with van der Waals surface area (Å²) in [6, 6.07) is 18.7. The Morgan fingerprint density at radius 2 is 0.552 bits per heavy atom. The molecule has 0 fully saturated rings. The highest BCUT2D eigenvalue weighted by Crippen LogP contribution is 2.47. The molecular weight excluding hydrogens is 713 g/mol. The molecule has 7 aromatic rings. The maximum atomic E-state index is 13.9. The number of aryl methyl sites for hydroxylation is 4. The van der Waals surface area contributed by atoms with Gasteiger partial charge in [-0.05, 0) is 163 Å². The van der Waals surface area contributed by atoms with Crippen LogP contribution in [0.25, 0.3) is 64.6 Å². The van der Waals surface area contributed by atoms with Crippen LogP contribution in [-0.4, -0.2) is 26.2 Å². The zero-order valence-corrected chi connectivity index (χ0v) is 36.4. The van der Waals surface area contributed by atoms with Crippen LogP contribution >= 0.6 is 0 Å². The maximum absolute atomic E-state index is 13.9. The van der Waals surface area contributed by atoms with E-state index in [4.69, 9.17) is 9.47 Å². The number of methoxy groups -OCH3 is 2. The second-order valence-corrected chi connectivity index (χ2v) is 17.2. The molecule has 0 bridgehead atoms. The predicted octanol–water partition coefficient (Wildman–Crippen LogP) is 15.5. The summed E-state index contributed by atoms with van der Waals surface area (Å²) in [6.45, 7) is 9.09. The van der Waals surface area contributed by atoms with E-state index in [0.29, 0.717) is 11.1 Å². The number of rotatable bonds is 22. The van der Waals surface area contributed by atoms with E-state index >= 15 is 0 Å². The van der Waals surface area contributed by atoms with E-state index in [1.54, 1.807) is 0 Å². The first kappa shape index (κ1) is 41.7. The zero-order chi connectivity index (χ0) is 40.8. The third-order valence-electron chi connectivity index (χ3n) is 13.2. The van der Waals surface area contributed by atoms with Crippen LogP contribution in [-0.2, 0) is 35.2 Å². The third kappa shape index (κ3) is 8.10. The van der Waals surface area contributed by atoms with Crippen molar-refractivity contribution in [3.8, 4) is 0 Å². The Morgan fingerprint density at radius 1 is 0.328 bits per heavy atom. The molecule has 7 aromatic carbocycles. The van der Waals surface area contributed by atoms with E-state index in [9.17, 15) is 9.59 Å². The molecule has 4 heteroatoms. The standard InChI is InChI=1S/C54H66O4/c1-7-11-15-19-23-35-27-39-41(29-37(35)25-21-17-13-9-3)45-33-49-47(31-43(39)45)48-32-44-40-28-36(24-20-16-12-8-2)38(26-22-18-14-10-4)30-42(40)46(44)34-50(48)52(54(56)58-6)51(49)53(55)57-5/h27-34H,7-26H2,1-6H3. The number of hydrogen-bond donors (Lipinski definition) is 0. The van der Waals surface area contributed by atoms with Gasteiger partial charge in [0, 0.05) is 0 Å². The van der Waals surface area contributed by atoms with Gasteiger partial charge in [-0.15, -0.1) is 0 Å². The fourth-order valence-corrected chi connectivity index (χ4v) is 9.89. The van der Waals surface area contributed by atoms with Crippen LogP contribution in [0.2, 0.25) is 0 Å². The third-order valence-corrected chi connectivity index (χ3v) is 13.2. The average molecular weight is 779 g/mol. The van der Waals surface area contributed by atoms with Gasteiger partial charge in [0.05, 0.1) is 25.3 Å². The normalized spacial score (nSPS) is 12.1. The molecule has 7 rings (SSSR count). The van der Waals surface area contributed by atoms with Crippen LogP contribution in [0.5, 0.6) is 0 Å². The van der Waals surface area contributed by atoms with Crippen molar-refractivity contribution in [1.82, 2.24) is 0 Å². The maximum Gasteiger partial charge on any atom is 0.339 e. The summed E-state index contributed by atoms with van der Waals surface area (Å²) in [4.78, 5) is 27.8. The fraction of sp³-hybridized carbons (Fsp3) is 0.481. The van der Waals surface area contributed by atoms with Crippen molar-refractivity contribution in [2.45, 2.75) is 156 Å². The molecule has 0 amide bonds. The summed E-state index contributed by atoms with van der Waals surface area (Å²) >= 11 is 0. The van der Waals surface area contributed by atoms with Gasteiger partial charge < -0.3 is 9.47 Å². The summed E-state index contributed by atoms with van der Waals surface area (Å²) < 4.78 is 10.9. The quantitative estimate of drug-likeness (QED) is 0.0391. The Bertz CT molecular complexity index is 2350. The summed E-state index contributed by atoms with van der Waals surface area (Å²) in [5, 5.41) is 13.3. The van der Waals surface area contributed by atoms with Gasteiger partial charge >= 0.3 is 11.9 Å². The molecule has 0 saturated carbocycles. The highest BCUT2D eigenvalue weighted by molar-refractivity contribution is 6.36. The smallest absolute Gasteiger partial charge is 0.339 e. The minimum atomic E-state index is -0.518. The van der Waals surface area contributed by atoms with Crippen LogP contribution in [0.1, 0.15) is 173 Å². The highest BCUT2D eigenvalue weighted by Gasteiger charge is 2.29. The molecule has 0 aromatic heterocycles. The topological polar surface area (TPSA) is 52.6 Å². The van der Waals surface area contributed by atoms with Crippen molar-refractivity contribution in [2.75, 3.05) is 14.2 Å². The molecule has 0 radical (unpaired) electrons. The molecule has 0 heterocycles. The Labute approximate surface area is 346 Å².